The third-order valence-electron chi connectivity index (χ3n) is 1.95. The molecule has 0 fully saturated rings. The summed E-state index contributed by atoms with van der Waals surface area (Å²) in [6.07, 6.45) is 3.18. The van der Waals surface area contributed by atoms with Crippen LogP contribution >= 0.6 is 22.9 Å². The zero-order valence-corrected chi connectivity index (χ0v) is 9.29. The van der Waals surface area contributed by atoms with Crippen molar-refractivity contribution in [2.45, 2.75) is 6.04 Å². The second kappa shape index (κ2) is 4.67. The fraction of sp³-hybridized carbons (Fsp3) is 0.111. The van der Waals surface area contributed by atoms with Crippen LogP contribution < -0.4 is 11.3 Å². The first-order valence-electron chi connectivity index (χ1n) is 4.28. The molecular formula is C9H9ClN4S. The van der Waals surface area contributed by atoms with E-state index in [0.29, 0.717) is 0 Å². The number of hydrazine groups is 1. The van der Waals surface area contributed by atoms with Gasteiger partial charge in [-0.15, -0.1) is 11.3 Å². The van der Waals surface area contributed by atoms with Crippen molar-refractivity contribution in [1.82, 2.24) is 15.4 Å². The molecule has 3 N–H and O–H groups in total. The van der Waals surface area contributed by atoms with Gasteiger partial charge in [-0.05, 0) is 18.2 Å². The van der Waals surface area contributed by atoms with Crippen LogP contribution in [0.4, 0.5) is 0 Å². The zero-order valence-electron chi connectivity index (χ0n) is 7.72. The van der Waals surface area contributed by atoms with Crippen LogP contribution in [0.25, 0.3) is 0 Å². The Labute approximate surface area is 96.1 Å². The van der Waals surface area contributed by atoms with Crippen LogP contribution in [0.1, 0.15) is 16.6 Å². The summed E-state index contributed by atoms with van der Waals surface area (Å²) in [5.74, 6) is 5.50. The van der Waals surface area contributed by atoms with Crippen molar-refractivity contribution in [3.63, 3.8) is 0 Å². The van der Waals surface area contributed by atoms with Crippen LogP contribution in [0.2, 0.25) is 4.34 Å². The highest BCUT2D eigenvalue weighted by Crippen LogP contribution is 2.29. The summed E-state index contributed by atoms with van der Waals surface area (Å²) in [5.41, 5.74) is 3.53. The maximum absolute atomic E-state index is 5.87. The van der Waals surface area contributed by atoms with Gasteiger partial charge < -0.3 is 0 Å². The molecule has 1 unspecified atom stereocenters. The van der Waals surface area contributed by atoms with E-state index in [9.17, 15) is 0 Å². The molecule has 78 valence electrons. The Bertz CT molecular complexity index is 431. The number of halogens is 1. The molecular weight excluding hydrogens is 232 g/mol. The zero-order chi connectivity index (χ0) is 10.7. The van der Waals surface area contributed by atoms with Gasteiger partial charge in [0.25, 0.3) is 0 Å². The molecule has 2 aromatic heterocycles. The average Bonchev–Trinajstić information content (AvgIpc) is 2.68. The summed E-state index contributed by atoms with van der Waals surface area (Å²) in [6, 6.07) is 5.45. The summed E-state index contributed by atoms with van der Waals surface area (Å²) in [5, 5.41) is 0. The van der Waals surface area contributed by atoms with Gasteiger partial charge in [-0.1, -0.05) is 11.6 Å². The molecule has 15 heavy (non-hydrogen) atoms. The molecule has 2 aromatic rings. The van der Waals surface area contributed by atoms with Crippen molar-refractivity contribution in [2.75, 3.05) is 0 Å². The maximum atomic E-state index is 5.87. The lowest BCUT2D eigenvalue weighted by molar-refractivity contribution is 0.628. The molecule has 6 heteroatoms. The topological polar surface area (TPSA) is 63.8 Å². The fourth-order valence-electron chi connectivity index (χ4n) is 1.27. The smallest absolute Gasteiger partial charge is 0.115 e. The Hall–Kier alpha value is -1.01. The van der Waals surface area contributed by atoms with Crippen LogP contribution in [-0.4, -0.2) is 9.97 Å². The minimum absolute atomic E-state index is 0.134. The summed E-state index contributed by atoms with van der Waals surface area (Å²) in [6.45, 7) is 0. The highest BCUT2D eigenvalue weighted by atomic mass is 35.5. The first kappa shape index (κ1) is 10.5. The predicted octanol–water partition coefficient (Wildman–Crippen LogP) is 1.74. The van der Waals surface area contributed by atoms with E-state index < -0.39 is 0 Å². The molecule has 0 radical (unpaired) electrons. The van der Waals surface area contributed by atoms with E-state index in [1.165, 1.54) is 17.7 Å². The molecule has 0 aromatic carbocycles. The number of nitrogens with one attached hydrogen (secondary N) is 1. The maximum Gasteiger partial charge on any atom is 0.115 e. The van der Waals surface area contributed by atoms with Gasteiger partial charge in [-0.25, -0.2) is 15.4 Å². The van der Waals surface area contributed by atoms with Gasteiger partial charge in [-0.3, -0.25) is 5.84 Å². The standard InChI is InChI=1S/C9H9ClN4S/c10-8-2-1-7(15-8)9(14-11)6-3-4-12-5-13-6/h1-5,9,14H,11H2. The first-order valence-corrected chi connectivity index (χ1v) is 5.48. The van der Waals surface area contributed by atoms with E-state index in [2.05, 4.69) is 15.4 Å². The molecule has 0 spiro atoms. The minimum atomic E-state index is -0.134. The van der Waals surface area contributed by atoms with Gasteiger partial charge in [-0.2, -0.15) is 0 Å². The van der Waals surface area contributed by atoms with Gasteiger partial charge in [0.05, 0.1) is 16.1 Å². The molecule has 0 aliphatic heterocycles. The lowest BCUT2D eigenvalue weighted by Crippen LogP contribution is -2.28. The SMILES string of the molecule is NNC(c1ccncn1)c1ccc(Cl)s1. The third-order valence-corrected chi connectivity index (χ3v) is 3.24. The molecule has 0 aliphatic rings. The van der Waals surface area contributed by atoms with Crippen molar-refractivity contribution in [2.24, 2.45) is 5.84 Å². The molecule has 1 atom stereocenters. The molecule has 2 heterocycles. The number of rotatable bonds is 3. The molecule has 0 bridgehead atoms. The van der Waals surface area contributed by atoms with Gasteiger partial charge >= 0.3 is 0 Å². The fourth-order valence-corrected chi connectivity index (χ4v) is 2.40. The molecule has 0 aliphatic carbocycles. The Morgan fingerprint density at radius 1 is 1.40 bits per heavy atom. The van der Waals surface area contributed by atoms with Crippen molar-refractivity contribution in [3.05, 3.63) is 45.6 Å². The average molecular weight is 241 g/mol. The first-order chi connectivity index (χ1) is 7.31. The highest BCUT2D eigenvalue weighted by molar-refractivity contribution is 7.16. The minimum Gasteiger partial charge on any atom is -0.270 e. The summed E-state index contributed by atoms with van der Waals surface area (Å²) in [7, 11) is 0. The number of aromatic nitrogens is 2. The van der Waals surface area contributed by atoms with E-state index in [-0.39, 0.29) is 6.04 Å². The van der Waals surface area contributed by atoms with Crippen LogP contribution in [0.5, 0.6) is 0 Å². The Balaban J connectivity index is 2.33. The van der Waals surface area contributed by atoms with Crippen LogP contribution in [0, 0.1) is 0 Å². The molecule has 2 rings (SSSR count). The van der Waals surface area contributed by atoms with Gasteiger partial charge in [0.1, 0.15) is 6.33 Å². The van der Waals surface area contributed by atoms with Gasteiger partial charge in [0.15, 0.2) is 0 Å². The lowest BCUT2D eigenvalue weighted by Gasteiger charge is -2.12. The Kier molecular flexibility index (Phi) is 3.27. The number of thiophene rings is 1. The largest absolute Gasteiger partial charge is 0.270 e. The predicted molar refractivity (Wildman–Crippen MR) is 60.5 cm³/mol. The second-order valence-corrected chi connectivity index (χ2v) is 4.62. The highest BCUT2D eigenvalue weighted by Gasteiger charge is 2.15. The number of hydrogen-bond acceptors (Lipinski definition) is 5. The van der Waals surface area contributed by atoms with E-state index in [1.807, 2.05) is 18.2 Å². The number of nitrogens with zero attached hydrogens (tertiary/aromatic N) is 2. The van der Waals surface area contributed by atoms with E-state index in [4.69, 9.17) is 17.4 Å². The van der Waals surface area contributed by atoms with Crippen molar-refractivity contribution < 1.29 is 0 Å². The van der Waals surface area contributed by atoms with Crippen LogP contribution in [-0.2, 0) is 0 Å². The molecule has 4 nitrogen and oxygen atoms in total. The quantitative estimate of drug-likeness (QED) is 0.634. The van der Waals surface area contributed by atoms with Crippen molar-refractivity contribution in [1.29, 1.82) is 0 Å². The monoisotopic (exact) mass is 240 g/mol. The van der Waals surface area contributed by atoms with Crippen LogP contribution in [0.15, 0.2) is 30.7 Å². The Morgan fingerprint density at radius 2 is 2.27 bits per heavy atom. The molecule has 0 saturated carbocycles. The van der Waals surface area contributed by atoms with Gasteiger partial charge in [0, 0.05) is 11.1 Å². The third kappa shape index (κ3) is 2.32. The van der Waals surface area contributed by atoms with Gasteiger partial charge in [0.2, 0.25) is 0 Å². The van der Waals surface area contributed by atoms with Crippen LogP contribution in [0.3, 0.4) is 0 Å². The number of hydrogen-bond donors (Lipinski definition) is 2. The van der Waals surface area contributed by atoms with E-state index >= 15 is 0 Å². The summed E-state index contributed by atoms with van der Waals surface area (Å²) >= 11 is 7.34. The summed E-state index contributed by atoms with van der Waals surface area (Å²) in [4.78, 5) is 9.03. The number of nitrogens with two attached hydrogens (primary N) is 1. The van der Waals surface area contributed by atoms with Crippen molar-refractivity contribution in [3.8, 4) is 0 Å². The molecule has 0 saturated heterocycles. The van der Waals surface area contributed by atoms with Crippen molar-refractivity contribution >= 4 is 22.9 Å². The van der Waals surface area contributed by atoms with E-state index in [0.717, 1.165) is 14.9 Å². The Morgan fingerprint density at radius 3 is 2.80 bits per heavy atom. The lowest BCUT2D eigenvalue weighted by atomic mass is 10.2. The molecule has 0 amide bonds. The summed E-state index contributed by atoms with van der Waals surface area (Å²) < 4.78 is 0.735. The van der Waals surface area contributed by atoms with E-state index in [1.54, 1.807) is 6.20 Å². The normalized spacial score (nSPS) is 12.7. The second-order valence-electron chi connectivity index (χ2n) is 2.88.